The summed E-state index contributed by atoms with van der Waals surface area (Å²) in [7, 11) is 0. The van der Waals surface area contributed by atoms with Gasteiger partial charge in [-0.3, -0.25) is 0 Å². The summed E-state index contributed by atoms with van der Waals surface area (Å²) in [6, 6.07) is 17.8. The van der Waals surface area contributed by atoms with Crippen LogP contribution < -0.4 is 0 Å². The van der Waals surface area contributed by atoms with E-state index in [0.717, 1.165) is 28.0 Å². The lowest BCUT2D eigenvalue weighted by atomic mass is 10.2. The molecule has 0 spiro atoms. The zero-order chi connectivity index (χ0) is 14.8. The fraction of sp³-hybridized carbons (Fsp3) is 0.0625. The van der Waals surface area contributed by atoms with Gasteiger partial charge in [-0.25, -0.2) is 0 Å². The summed E-state index contributed by atoms with van der Waals surface area (Å²) in [5, 5.41) is 13.7. The predicted molar refractivity (Wildman–Crippen MR) is 84.5 cm³/mol. The predicted octanol–water partition coefficient (Wildman–Crippen LogP) is 3.68. The summed E-state index contributed by atoms with van der Waals surface area (Å²) >= 11 is 1.61. The Morgan fingerprint density at radius 3 is 2.68 bits per heavy atom. The average molecular weight is 308 g/mol. The molecule has 3 heterocycles. The average Bonchev–Trinajstić information content (AvgIpc) is 3.23. The fourth-order valence-corrected chi connectivity index (χ4v) is 2.98. The van der Waals surface area contributed by atoms with Gasteiger partial charge in [0.05, 0.1) is 6.26 Å². The van der Waals surface area contributed by atoms with E-state index in [1.54, 1.807) is 22.5 Å². The van der Waals surface area contributed by atoms with E-state index in [4.69, 9.17) is 4.42 Å². The quantitative estimate of drug-likeness (QED) is 0.538. The zero-order valence-electron chi connectivity index (χ0n) is 11.6. The van der Waals surface area contributed by atoms with Crippen LogP contribution in [0.1, 0.15) is 5.56 Å². The topological polar surface area (TPSA) is 56.2 Å². The number of aromatic nitrogens is 4. The molecule has 5 nitrogen and oxygen atoms in total. The molecule has 0 aliphatic heterocycles. The molecule has 0 unspecified atom stereocenters. The van der Waals surface area contributed by atoms with Crippen LogP contribution >= 0.6 is 11.8 Å². The van der Waals surface area contributed by atoms with Gasteiger partial charge in [0.2, 0.25) is 5.16 Å². The lowest BCUT2D eigenvalue weighted by Gasteiger charge is -2.01. The fourth-order valence-electron chi connectivity index (χ4n) is 2.14. The number of rotatable bonds is 4. The van der Waals surface area contributed by atoms with E-state index >= 15 is 0 Å². The van der Waals surface area contributed by atoms with Gasteiger partial charge >= 0.3 is 0 Å². The van der Waals surface area contributed by atoms with E-state index in [1.165, 1.54) is 5.56 Å². The molecule has 3 aromatic heterocycles. The highest BCUT2D eigenvalue weighted by molar-refractivity contribution is 7.98. The van der Waals surface area contributed by atoms with Crippen molar-refractivity contribution in [2.75, 3.05) is 0 Å². The van der Waals surface area contributed by atoms with E-state index in [0.29, 0.717) is 0 Å². The van der Waals surface area contributed by atoms with E-state index in [2.05, 4.69) is 27.4 Å². The van der Waals surface area contributed by atoms with Gasteiger partial charge in [-0.1, -0.05) is 42.1 Å². The van der Waals surface area contributed by atoms with Gasteiger partial charge in [0, 0.05) is 5.75 Å². The number of nitrogens with zero attached hydrogens (tertiary/aromatic N) is 4. The maximum atomic E-state index is 5.39. The summed E-state index contributed by atoms with van der Waals surface area (Å²) < 4.78 is 7.15. The Balaban J connectivity index is 1.65. The second-order valence-corrected chi connectivity index (χ2v) is 5.67. The summed E-state index contributed by atoms with van der Waals surface area (Å²) in [6.07, 6.45) is 1.64. The molecule has 4 aromatic rings. The number of thioether (sulfide) groups is 1. The third-order valence-electron chi connectivity index (χ3n) is 3.22. The summed E-state index contributed by atoms with van der Waals surface area (Å²) in [5.41, 5.74) is 2.73. The molecule has 0 amide bonds. The molecule has 108 valence electrons. The minimum atomic E-state index is 0.728. The number of hydrogen-bond donors (Lipinski definition) is 0. The van der Waals surface area contributed by atoms with Gasteiger partial charge in [0.15, 0.2) is 11.4 Å². The number of furan rings is 1. The van der Waals surface area contributed by atoms with Gasteiger partial charge in [-0.15, -0.1) is 10.2 Å². The van der Waals surface area contributed by atoms with E-state index in [-0.39, 0.29) is 0 Å². The second-order valence-electron chi connectivity index (χ2n) is 4.72. The van der Waals surface area contributed by atoms with Crippen molar-refractivity contribution >= 4 is 17.4 Å². The highest BCUT2D eigenvalue weighted by Gasteiger charge is 2.10. The van der Waals surface area contributed by atoms with Crippen LogP contribution in [-0.2, 0) is 5.75 Å². The SMILES string of the molecule is c1ccc(CSc2nnc3ccc(-c4ccco4)nn23)cc1. The lowest BCUT2D eigenvalue weighted by molar-refractivity contribution is 0.577. The van der Waals surface area contributed by atoms with Crippen molar-refractivity contribution in [3.8, 4) is 11.5 Å². The molecule has 0 N–H and O–H groups in total. The molecule has 1 aromatic carbocycles. The van der Waals surface area contributed by atoms with E-state index in [1.807, 2.05) is 42.5 Å². The first-order valence-corrected chi connectivity index (χ1v) is 7.82. The molecular formula is C16H12N4OS. The van der Waals surface area contributed by atoms with Crippen molar-refractivity contribution < 1.29 is 4.42 Å². The van der Waals surface area contributed by atoms with Gasteiger partial charge < -0.3 is 4.42 Å². The van der Waals surface area contributed by atoms with Crippen LogP contribution in [0.3, 0.4) is 0 Å². The van der Waals surface area contributed by atoms with Crippen LogP contribution in [-0.4, -0.2) is 19.8 Å². The molecule has 0 saturated heterocycles. The third-order valence-corrected chi connectivity index (χ3v) is 4.21. The molecule has 6 heteroatoms. The van der Waals surface area contributed by atoms with Crippen LogP contribution in [0.2, 0.25) is 0 Å². The Hall–Kier alpha value is -2.60. The summed E-state index contributed by atoms with van der Waals surface area (Å²) in [4.78, 5) is 0. The third kappa shape index (κ3) is 2.48. The molecule has 0 aliphatic carbocycles. The number of fused-ring (bicyclic) bond motifs is 1. The lowest BCUT2D eigenvalue weighted by Crippen LogP contribution is -1.96. The van der Waals surface area contributed by atoms with Crippen molar-refractivity contribution in [1.29, 1.82) is 0 Å². The first-order valence-electron chi connectivity index (χ1n) is 6.83. The van der Waals surface area contributed by atoms with Gasteiger partial charge in [-0.05, 0) is 29.8 Å². The highest BCUT2D eigenvalue weighted by atomic mass is 32.2. The Bertz CT molecular complexity index is 887. The van der Waals surface area contributed by atoms with Crippen molar-refractivity contribution in [3.05, 3.63) is 66.4 Å². The molecular weight excluding hydrogens is 296 g/mol. The van der Waals surface area contributed by atoms with Gasteiger partial charge in [0.1, 0.15) is 5.69 Å². The Morgan fingerprint density at radius 1 is 0.955 bits per heavy atom. The maximum absolute atomic E-state index is 5.39. The van der Waals surface area contributed by atoms with Crippen LogP contribution in [0.5, 0.6) is 0 Å². The van der Waals surface area contributed by atoms with Crippen molar-refractivity contribution in [3.63, 3.8) is 0 Å². The Labute approximate surface area is 131 Å². The van der Waals surface area contributed by atoms with E-state index in [9.17, 15) is 0 Å². The molecule has 4 rings (SSSR count). The van der Waals surface area contributed by atoms with Crippen LogP contribution in [0, 0.1) is 0 Å². The smallest absolute Gasteiger partial charge is 0.212 e. The second kappa shape index (κ2) is 5.65. The first-order chi connectivity index (χ1) is 10.9. The van der Waals surface area contributed by atoms with Gasteiger partial charge in [-0.2, -0.15) is 9.61 Å². The molecule has 0 bridgehead atoms. The monoisotopic (exact) mass is 308 g/mol. The Morgan fingerprint density at radius 2 is 1.86 bits per heavy atom. The largest absolute Gasteiger partial charge is 0.463 e. The van der Waals surface area contributed by atoms with Crippen LogP contribution in [0.15, 0.2) is 70.4 Å². The number of hydrogen-bond acceptors (Lipinski definition) is 5. The molecule has 0 radical (unpaired) electrons. The van der Waals surface area contributed by atoms with Crippen LogP contribution in [0.25, 0.3) is 17.1 Å². The van der Waals surface area contributed by atoms with E-state index < -0.39 is 0 Å². The molecule has 0 atom stereocenters. The van der Waals surface area contributed by atoms with Crippen molar-refractivity contribution in [2.24, 2.45) is 0 Å². The molecule has 22 heavy (non-hydrogen) atoms. The Kier molecular flexibility index (Phi) is 3.36. The molecule has 0 fully saturated rings. The maximum Gasteiger partial charge on any atom is 0.212 e. The molecule has 0 saturated carbocycles. The standard InChI is InChI=1S/C16H12N4OS/c1-2-5-12(6-3-1)11-22-16-18-17-15-9-8-13(19-20(15)16)14-7-4-10-21-14/h1-10H,11H2. The van der Waals surface area contributed by atoms with Crippen molar-refractivity contribution in [1.82, 2.24) is 19.8 Å². The van der Waals surface area contributed by atoms with Crippen molar-refractivity contribution in [2.45, 2.75) is 10.9 Å². The minimum absolute atomic E-state index is 0.728. The summed E-state index contributed by atoms with van der Waals surface area (Å²) in [6.45, 7) is 0. The summed E-state index contributed by atoms with van der Waals surface area (Å²) in [5.74, 6) is 1.56. The highest BCUT2D eigenvalue weighted by Crippen LogP contribution is 2.23. The normalized spacial score (nSPS) is 11.1. The first kappa shape index (κ1) is 13.1. The zero-order valence-corrected chi connectivity index (χ0v) is 12.4. The molecule has 0 aliphatic rings. The number of benzene rings is 1. The van der Waals surface area contributed by atoms with Gasteiger partial charge in [0.25, 0.3) is 0 Å². The minimum Gasteiger partial charge on any atom is -0.463 e. The van der Waals surface area contributed by atoms with Crippen LogP contribution in [0.4, 0.5) is 0 Å².